The fourth-order valence-electron chi connectivity index (χ4n) is 3.33. The summed E-state index contributed by atoms with van der Waals surface area (Å²) in [5.41, 5.74) is 2.29. The molecule has 5 heteroatoms. The number of hydrogen-bond donors (Lipinski definition) is 2. The number of hydrogen-bond acceptors (Lipinski definition) is 3. The largest absolute Gasteiger partial charge is 0.481 e. The molecule has 1 aliphatic carbocycles. The van der Waals surface area contributed by atoms with Gasteiger partial charge in [-0.2, -0.15) is 0 Å². The van der Waals surface area contributed by atoms with Crippen molar-refractivity contribution in [3.05, 3.63) is 71.3 Å². The standard InChI is InChI=1S/C22H25NO4/c24-20(13-22(21(25)26)10-5-11-22)23-14-18-8-4-9-19(12-18)16-27-15-17-6-2-1-3-7-17/h1-4,6-9,12H,5,10-11,13-16H2,(H,23,24)(H,25,26). The average Bonchev–Trinajstić information content (AvgIpc) is 2.64. The zero-order valence-electron chi connectivity index (χ0n) is 15.3. The Morgan fingerprint density at radius 3 is 2.30 bits per heavy atom. The van der Waals surface area contributed by atoms with Gasteiger partial charge >= 0.3 is 5.97 Å². The van der Waals surface area contributed by atoms with Crippen LogP contribution in [0.25, 0.3) is 0 Å². The van der Waals surface area contributed by atoms with Crippen molar-refractivity contribution in [2.75, 3.05) is 0 Å². The first-order valence-electron chi connectivity index (χ1n) is 9.27. The van der Waals surface area contributed by atoms with E-state index >= 15 is 0 Å². The van der Waals surface area contributed by atoms with Gasteiger partial charge in [-0.3, -0.25) is 9.59 Å². The minimum Gasteiger partial charge on any atom is -0.481 e. The highest BCUT2D eigenvalue weighted by molar-refractivity contribution is 5.85. The van der Waals surface area contributed by atoms with Gasteiger partial charge in [-0.15, -0.1) is 0 Å². The van der Waals surface area contributed by atoms with Crippen LogP contribution in [0.2, 0.25) is 0 Å². The van der Waals surface area contributed by atoms with E-state index < -0.39 is 11.4 Å². The van der Waals surface area contributed by atoms with Crippen molar-refractivity contribution < 1.29 is 19.4 Å². The van der Waals surface area contributed by atoms with E-state index in [4.69, 9.17) is 4.74 Å². The van der Waals surface area contributed by atoms with Gasteiger partial charge < -0.3 is 15.2 Å². The lowest BCUT2D eigenvalue weighted by molar-refractivity contribution is -0.157. The van der Waals surface area contributed by atoms with Crippen molar-refractivity contribution in [2.24, 2.45) is 5.41 Å². The summed E-state index contributed by atoms with van der Waals surface area (Å²) in [6, 6.07) is 17.9. The molecule has 0 aromatic heterocycles. The molecule has 27 heavy (non-hydrogen) atoms. The van der Waals surface area contributed by atoms with Crippen molar-refractivity contribution in [2.45, 2.75) is 45.4 Å². The van der Waals surface area contributed by atoms with E-state index in [2.05, 4.69) is 5.32 Å². The molecule has 0 radical (unpaired) electrons. The van der Waals surface area contributed by atoms with Crippen LogP contribution in [-0.4, -0.2) is 17.0 Å². The Bertz CT molecular complexity index is 784. The number of rotatable bonds is 9. The van der Waals surface area contributed by atoms with Crippen LogP contribution in [0.5, 0.6) is 0 Å². The van der Waals surface area contributed by atoms with Gasteiger partial charge in [0.15, 0.2) is 0 Å². The van der Waals surface area contributed by atoms with E-state index in [0.29, 0.717) is 32.6 Å². The summed E-state index contributed by atoms with van der Waals surface area (Å²) in [6.45, 7) is 1.44. The van der Waals surface area contributed by atoms with Crippen LogP contribution in [0.1, 0.15) is 42.4 Å². The maximum atomic E-state index is 12.1. The van der Waals surface area contributed by atoms with E-state index in [1.165, 1.54) is 0 Å². The lowest BCUT2D eigenvalue weighted by Crippen LogP contribution is -2.42. The number of carbonyl (C=O) groups is 2. The number of benzene rings is 2. The molecule has 0 bridgehead atoms. The molecule has 1 amide bonds. The van der Waals surface area contributed by atoms with E-state index in [-0.39, 0.29) is 12.3 Å². The first-order valence-corrected chi connectivity index (χ1v) is 9.27. The lowest BCUT2D eigenvalue weighted by Gasteiger charge is -2.36. The van der Waals surface area contributed by atoms with Gasteiger partial charge in [0.25, 0.3) is 0 Å². The van der Waals surface area contributed by atoms with Gasteiger partial charge in [0.2, 0.25) is 5.91 Å². The van der Waals surface area contributed by atoms with Crippen LogP contribution < -0.4 is 5.32 Å². The molecule has 0 heterocycles. The third-order valence-corrected chi connectivity index (χ3v) is 5.12. The van der Waals surface area contributed by atoms with E-state index in [1.54, 1.807) is 0 Å². The van der Waals surface area contributed by atoms with Gasteiger partial charge in [-0.1, -0.05) is 61.0 Å². The van der Waals surface area contributed by atoms with Gasteiger partial charge in [-0.05, 0) is 29.5 Å². The number of carboxylic acids is 1. The van der Waals surface area contributed by atoms with Crippen LogP contribution in [0, 0.1) is 5.41 Å². The van der Waals surface area contributed by atoms with Crippen LogP contribution in [0.4, 0.5) is 0 Å². The molecular weight excluding hydrogens is 342 g/mol. The smallest absolute Gasteiger partial charge is 0.310 e. The first kappa shape index (κ1) is 19.1. The lowest BCUT2D eigenvalue weighted by atomic mass is 9.66. The maximum absolute atomic E-state index is 12.1. The monoisotopic (exact) mass is 367 g/mol. The molecule has 2 aromatic rings. The molecule has 0 atom stereocenters. The summed E-state index contributed by atoms with van der Waals surface area (Å²) in [7, 11) is 0. The minimum absolute atomic E-state index is 0.0577. The zero-order valence-corrected chi connectivity index (χ0v) is 15.3. The van der Waals surface area contributed by atoms with E-state index in [0.717, 1.165) is 23.1 Å². The Balaban J connectivity index is 1.46. The molecular formula is C22H25NO4. The van der Waals surface area contributed by atoms with Gasteiger partial charge in [-0.25, -0.2) is 0 Å². The zero-order chi connectivity index (χ0) is 19.1. The Labute approximate surface area is 159 Å². The number of carbonyl (C=O) groups excluding carboxylic acids is 1. The van der Waals surface area contributed by atoms with Gasteiger partial charge in [0.1, 0.15) is 0 Å². The number of amides is 1. The Kier molecular flexibility index (Phi) is 6.24. The highest BCUT2D eigenvalue weighted by atomic mass is 16.5. The molecule has 142 valence electrons. The summed E-state index contributed by atoms with van der Waals surface area (Å²) in [6.07, 6.45) is 2.11. The number of nitrogens with one attached hydrogen (secondary N) is 1. The van der Waals surface area contributed by atoms with Crippen molar-refractivity contribution in [1.29, 1.82) is 0 Å². The molecule has 1 aliphatic rings. The van der Waals surface area contributed by atoms with Gasteiger partial charge in [0, 0.05) is 13.0 Å². The van der Waals surface area contributed by atoms with Crippen molar-refractivity contribution in [1.82, 2.24) is 5.32 Å². The topological polar surface area (TPSA) is 75.6 Å². The van der Waals surface area contributed by atoms with Crippen LogP contribution in [0.3, 0.4) is 0 Å². The Hall–Kier alpha value is -2.66. The molecule has 0 saturated heterocycles. The molecule has 0 spiro atoms. The summed E-state index contributed by atoms with van der Waals surface area (Å²) in [5.74, 6) is -1.07. The highest BCUT2D eigenvalue weighted by Crippen LogP contribution is 2.44. The molecule has 3 rings (SSSR count). The number of aliphatic carboxylic acids is 1. The molecule has 1 saturated carbocycles. The maximum Gasteiger partial charge on any atom is 0.310 e. The number of ether oxygens (including phenoxy) is 1. The van der Waals surface area contributed by atoms with Crippen molar-refractivity contribution >= 4 is 11.9 Å². The fourth-order valence-corrected chi connectivity index (χ4v) is 3.33. The third-order valence-electron chi connectivity index (χ3n) is 5.12. The Morgan fingerprint density at radius 2 is 1.63 bits per heavy atom. The van der Waals surface area contributed by atoms with E-state index in [1.807, 2.05) is 54.6 Å². The van der Waals surface area contributed by atoms with E-state index in [9.17, 15) is 14.7 Å². The second-order valence-electron chi connectivity index (χ2n) is 7.19. The summed E-state index contributed by atoms with van der Waals surface area (Å²) < 4.78 is 5.75. The number of carboxylic acid groups (broad SMARTS) is 1. The normalized spacial score (nSPS) is 15.0. The molecule has 2 aromatic carbocycles. The molecule has 0 aliphatic heterocycles. The van der Waals surface area contributed by atoms with Crippen LogP contribution in [-0.2, 0) is 34.1 Å². The summed E-state index contributed by atoms with van der Waals surface area (Å²) >= 11 is 0. The quantitative estimate of drug-likeness (QED) is 0.709. The fraction of sp³-hybridized carbons (Fsp3) is 0.364. The second-order valence-corrected chi connectivity index (χ2v) is 7.19. The average molecular weight is 367 g/mol. The first-order chi connectivity index (χ1) is 13.1. The Morgan fingerprint density at radius 1 is 0.963 bits per heavy atom. The summed E-state index contributed by atoms with van der Waals surface area (Å²) in [4.78, 5) is 23.5. The third kappa shape index (κ3) is 5.17. The summed E-state index contributed by atoms with van der Waals surface area (Å²) in [5, 5.41) is 12.2. The predicted octanol–water partition coefficient (Wildman–Crippen LogP) is 3.66. The van der Waals surface area contributed by atoms with Crippen molar-refractivity contribution in [3.8, 4) is 0 Å². The minimum atomic E-state index is -0.860. The van der Waals surface area contributed by atoms with Crippen molar-refractivity contribution in [3.63, 3.8) is 0 Å². The molecule has 2 N–H and O–H groups in total. The van der Waals surface area contributed by atoms with Crippen LogP contribution in [0.15, 0.2) is 54.6 Å². The second kappa shape index (κ2) is 8.82. The van der Waals surface area contributed by atoms with Gasteiger partial charge in [0.05, 0.1) is 18.6 Å². The molecule has 5 nitrogen and oxygen atoms in total. The SMILES string of the molecule is O=C(CC1(C(=O)O)CCC1)NCc1cccc(COCc2ccccc2)c1. The van der Waals surface area contributed by atoms with Crippen LogP contribution >= 0.6 is 0 Å². The highest BCUT2D eigenvalue weighted by Gasteiger charge is 2.45. The molecule has 1 fully saturated rings. The predicted molar refractivity (Wildman–Crippen MR) is 102 cm³/mol. The molecule has 0 unspecified atom stereocenters.